The van der Waals surface area contributed by atoms with Crippen molar-refractivity contribution in [3.8, 4) is 11.5 Å². The first-order valence-corrected chi connectivity index (χ1v) is 11.6. The van der Waals surface area contributed by atoms with E-state index in [1.165, 1.54) is 5.56 Å². The zero-order valence-corrected chi connectivity index (χ0v) is 19.7. The van der Waals surface area contributed by atoms with Crippen LogP contribution in [0.4, 0.5) is 0 Å². The Labute approximate surface area is 193 Å². The molecule has 32 heavy (non-hydrogen) atoms. The van der Waals surface area contributed by atoms with Crippen molar-refractivity contribution in [3.05, 3.63) is 69.1 Å². The highest BCUT2D eigenvalue weighted by molar-refractivity contribution is 6.32. The van der Waals surface area contributed by atoms with Crippen LogP contribution in [0.5, 0.6) is 11.5 Å². The quantitative estimate of drug-likeness (QED) is 0.515. The Bertz CT molecular complexity index is 1170. The van der Waals surface area contributed by atoms with E-state index in [9.17, 15) is 4.79 Å². The fourth-order valence-electron chi connectivity index (χ4n) is 5.08. The van der Waals surface area contributed by atoms with Gasteiger partial charge < -0.3 is 20.2 Å². The molecule has 2 aromatic carbocycles. The molecule has 1 heterocycles. The number of fused-ring (bicyclic) bond motifs is 1. The zero-order chi connectivity index (χ0) is 22.9. The Morgan fingerprint density at radius 1 is 1.19 bits per heavy atom. The van der Waals surface area contributed by atoms with Crippen molar-refractivity contribution in [1.82, 2.24) is 4.98 Å². The second-order valence-electron chi connectivity index (χ2n) is 8.85. The predicted octanol–water partition coefficient (Wildman–Crippen LogP) is 5.50. The second-order valence-corrected chi connectivity index (χ2v) is 9.26. The molecule has 1 aliphatic carbocycles. The van der Waals surface area contributed by atoms with Gasteiger partial charge in [-0.1, -0.05) is 30.7 Å². The highest BCUT2D eigenvalue weighted by atomic mass is 35.5. The molecule has 0 aliphatic heterocycles. The monoisotopic (exact) mass is 454 g/mol. The van der Waals surface area contributed by atoms with Gasteiger partial charge in [0.1, 0.15) is 11.5 Å². The summed E-state index contributed by atoms with van der Waals surface area (Å²) in [5, 5.41) is 1.84. The molecule has 0 saturated heterocycles. The summed E-state index contributed by atoms with van der Waals surface area (Å²) in [5.74, 6) is 1.53. The van der Waals surface area contributed by atoms with E-state index < -0.39 is 0 Å². The summed E-state index contributed by atoms with van der Waals surface area (Å²) in [6, 6.07) is 11.9. The van der Waals surface area contributed by atoms with Crippen molar-refractivity contribution in [3.63, 3.8) is 0 Å². The number of methoxy groups -OCH3 is 1. The number of rotatable bonds is 6. The van der Waals surface area contributed by atoms with E-state index in [2.05, 4.69) is 37.0 Å². The van der Waals surface area contributed by atoms with Crippen molar-refractivity contribution in [1.29, 1.82) is 0 Å². The van der Waals surface area contributed by atoms with Gasteiger partial charge in [-0.15, -0.1) is 0 Å². The maximum Gasteiger partial charge on any atom is 0.255 e. The molecular weight excluding hydrogens is 424 g/mol. The van der Waals surface area contributed by atoms with Gasteiger partial charge in [-0.2, -0.15) is 0 Å². The molecule has 0 amide bonds. The average Bonchev–Trinajstić information content (AvgIpc) is 2.80. The fraction of sp³-hybridized carbons (Fsp3) is 0.423. The van der Waals surface area contributed by atoms with Gasteiger partial charge in [0.2, 0.25) is 0 Å². The summed E-state index contributed by atoms with van der Waals surface area (Å²) in [6.45, 7) is 4.21. The second kappa shape index (κ2) is 9.16. The summed E-state index contributed by atoms with van der Waals surface area (Å²) in [5.41, 5.74) is 8.82. The number of H-pyrrole nitrogens is 1. The summed E-state index contributed by atoms with van der Waals surface area (Å²) in [6.07, 6.45) is 6.23. The van der Waals surface area contributed by atoms with Crippen LogP contribution in [0, 0.1) is 6.92 Å². The lowest BCUT2D eigenvalue weighted by atomic mass is 9.63. The highest BCUT2D eigenvalue weighted by Gasteiger charge is 2.42. The molecule has 0 bridgehead atoms. The van der Waals surface area contributed by atoms with Crippen molar-refractivity contribution in [2.24, 2.45) is 5.73 Å². The van der Waals surface area contributed by atoms with E-state index in [0.29, 0.717) is 16.2 Å². The molecule has 1 fully saturated rings. The zero-order valence-electron chi connectivity index (χ0n) is 18.9. The number of hydrogen-bond donors (Lipinski definition) is 2. The SMILES string of the molecule is CC[C@@H](N)C1(c2ccc(C)c(OC)c2)CCC(Oc2cc3cc[nH]c(=O)c3cc2Cl)CC1. The number of pyridine rings is 1. The van der Waals surface area contributed by atoms with Crippen LogP contribution in [0.3, 0.4) is 0 Å². The van der Waals surface area contributed by atoms with Gasteiger partial charge in [0.25, 0.3) is 5.56 Å². The number of nitrogens with two attached hydrogens (primary N) is 1. The van der Waals surface area contributed by atoms with E-state index >= 15 is 0 Å². The van der Waals surface area contributed by atoms with E-state index in [-0.39, 0.29) is 23.1 Å². The van der Waals surface area contributed by atoms with Gasteiger partial charge in [0.15, 0.2) is 0 Å². The Morgan fingerprint density at radius 3 is 2.62 bits per heavy atom. The molecule has 5 nitrogen and oxygen atoms in total. The third-order valence-electron chi connectivity index (χ3n) is 7.08. The number of aromatic amines is 1. The Hall–Kier alpha value is -2.50. The minimum Gasteiger partial charge on any atom is -0.496 e. The number of aromatic nitrogens is 1. The Kier molecular flexibility index (Phi) is 6.50. The van der Waals surface area contributed by atoms with E-state index in [1.807, 2.05) is 12.1 Å². The normalized spacial score (nSPS) is 22.0. The topological polar surface area (TPSA) is 77.3 Å². The van der Waals surface area contributed by atoms with Gasteiger partial charge in [0, 0.05) is 23.0 Å². The molecule has 1 atom stereocenters. The largest absolute Gasteiger partial charge is 0.496 e. The van der Waals surface area contributed by atoms with Crippen LogP contribution in [0.1, 0.15) is 50.2 Å². The number of halogens is 1. The van der Waals surface area contributed by atoms with Crippen LogP contribution in [0.2, 0.25) is 5.02 Å². The molecule has 1 aromatic heterocycles. The molecule has 0 unspecified atom stereocenters. The van der Waals surface area contributed by atoms with Crippen LogP contribution >= 0.6 is 11.6 Å². The minimum absolute atomic E-state index is 0.0523. The van der Waals surface area contributed by atoms with Crippen molar-refractivity contribution in [2.75, 3.05) is 7.11 Å². The van der Waals surface area contributed by atoms with Crippen LogP contribution in [0.15, 0.2) is 47.4 Å². The molecule has 6 heteroatoms. The fourth-order valence-corrected chi connectivity index (χ4v) is 5.28. The number of benzene rings is 2. The van der Waals surface area contributed by atoms with Crippen LogP contribution in [0.25, 0.3) is 10.8 Å². The highest BCUT2D eigenvalue weighted by Crippen LogP contribution is 2.45. The Morgan fingerprint density at radius 2 is 1.94 bits per heavy atom. The van der Waals surface area contributed by atoms with Crippen LogP contribution in [-0.4, -0.2) is 24.2 Å². The van der Waals surface area contributed by atoms with E-state index in [1.54, 1.807) is 19.4 Å². The third kappa shape index (κ3) is 4.12. The van der Waals surface area contributed by atoms with Gasteiger partial charge in [-0.25, -0.2) is 0 Å². The maximum atomic E-state index is 12.0. The first-order chi connectivity index (χ1) is 15.4. The smallest absolute Gasteiger partial charge is 0.255 e. The standard InChI is InChI=1S/C26H31ClN2O3/c1-4-24(28)26(18-6-5-16(2)22(14-18)31-3)10-7-19(8-11-26)32-23-13-17-9-12-29-25(30)20(17)15-21(23)27/h5-6,9,12-15,19,24H,4,7-8,10-11,28H2,1-3H3,(H,29,30)/t19?,24-,26?/m1/s1. The lowest BCUT2D eigenvalue weighted by Gasteiger charge is -2.44. The third-order valence-corrected chi connectivity index (χ3v) is 7.37. The Balaban J connectivity index is 1.57. The van der Waals surface area contributed by atoms with Crippen LogP contribution < -0.4 is 20.8 Å². The summed E-state index contributed by atoms with van der Waals surface area (Å²) in [4.78, 5) is 14.7. The van der Waals surface area contributed by atoms with Crippen molar-refractivity contribution >= 4 is 22.4 Å². The number of nitrogens with one attached hydrogen (secondary N) is 1. The van der Waals surface area contributed by atoms with Gasteiger partial charge in [-0.05, 0) is 79.8 Å². The summed E-state index contributed by atoms with van der Waals surface area (Å²) >= 11 is 6.46. The van der Waals surface area contributed by atoms with Crippen molar-refractivity contribution < 1.29 is 9.47 Å². The van der Waals surface area contributed by atoms with Crippen LogP contribution in [-0.2, 0) is 5.41 Å². The molecule has 3 aromatic rings. The lowest BCUT2D eigenvalue weighted by molar-refractivity contribution is 0.104. The van der Waals surface area contributed by atoms with Gasteiger partial charge >= 0.3 is 0 Å². The molecular formula is C26H31ClN2O3. The molecule has 0 radical (unpaired) electrons. The first kappa shape index (κ1) is 22.7. The van der Waals surface area contributed by atoms with Crippen molar-refractivity contribution in [2.45, 2.75) is 63.5 Å². The molecule has 0 spiro atoms. The average molecular weight is 455 g/mol. The molecule has 3 N–H and O–H groups in total. The van der Waals surface area contributed by atoms with E-state index in [0.717, 1.165) is 48.8 Å². The molecule has 1 aliphatic rings. The summed E-state index contributed by atoms with van der Waals surface area (Å²) < 4.78 is 11.9. The predicted molar refractivity (Wildman–Crippen MR) is 130 cm³/mol. The van der Waals surface area contributed by atoms with Gasteiger partial charge in [0.05, 0.1) is 18.2 Å². The summed E-state index contributed by atoms with van der Waals surface area (Å²) in [7, 11) is 1.71. The minimum atomic E-state index is -0.152. The van der Waals surface area contributed by atoms with Gasteiger partial charge in [-0.3, -0.25) is 4.79 Å². The molecule has 4 rings (SSSR count). The lowest BCUT2D eigenvalue weighted by Crippen LogP contribution is -2.48. The maximum absolute atomic E-state index is 12.0. The number of aryl methyl sites for hydroxylation is 1. The molecule has 1 saturated carbocycles. The first-order valence-electron chi connectivity index (χ1n) is 11.3. The molecule has 170 valence electrons. The number of hydrogen-bond acceptors (Lipinski definition) is 4. The number of ether oxygens (including phenoxy) is 2. The van der Waals surface area contributed by atoms with E-state index in [4.69, 9.17) is 26.8 Å².